The van der Waals surface area contributed by atoms with Crippen molar-refractivity contribution in [2.75, 3.05) is 6.54 Å². The van der Waals surface area contributed by atoms with Gasteiger partial charge in [-0.25, -0.2) is 8.78 Å². The molecule has 0 spiro atoms. The molecule has 0 amide bonds. The van der Waals surface area contributed by atoms with Crippen LogP contribution in [0.3, 0.4) is 0 Å². The maximum Gasteiger partial charge on any atom is 0.261 e. The summed E-state index contributed by atoms with van der Waals surface area (Å²) in [6, 6.07) is -0.794. The zero-order chi connectivity index (χ0) is 9.35. The molecule has 1 saturated heterocycles. The van der Waals surface area contributed by atoms with E-state index in [-0.39, 0.29) is 0 Å². The Morgan fingerprint density at radius 3 is 2.67 bits per heavy atom. The number of hydrogen-bond donors (Lipinski definition) is 2. The van der Waals surface area contributed by atoms with E-state index in [1.165, 1.54) is 6.92 Å². The Balaban J connectivity index is 2.52. The number of Topliss-reactive ketones (excluding diaryl/α,β-unsaturated/α-hetero) is 1. The molecule has 0 aromatic carbocycles. The fourth-order valence-electron chi connectivity index (χ4n) is 1.25. The molecule has 0 aromatic heterocycles. The van der Waals surface area contributed by atoms with Gasteiger partial charge in [0.15, 0.2) is 5.78 Å². The molecule has 70 valence electrons. The standard InChI is InChI=1S/C7H11F2NO2/c1-4(11)6(12)5-2-7(8,9)3-10-5/h5-6,10,12H,2-3H2,1H3. The Labute approximate surface area is 68.8 Å². The number of carbonyl (C=O) groups is 1. The molecule has 1 aliphatic rings. The lowest BCUT2D eigenvalue weighted by Crippen LogP contribution is -2.39. The third-order valence-electron chi connectivity index (χ3n) is 1.94. The first-order valence-electron chi connectivity index (χ1n) is 3.72. The second-order valence-corrected chi connectivity index (χ2v) is 3.10. The molecule has 3 nitrogen and oxygen atoms in total. The maximum atomic E-state index is 12.5. The van der Waals surface area contributed by atoms with E-state index >= 15 is 0 Å². The average molecular weight is 179 g/mol. The predicted octanol–water partition coefficient (Wildman–Crippen LogP) is -0.0665. The van der Waals surface area contributed by atoms with E-state index in [4.69, 9.17) is 5.11 Å². The molecule has 12 heavy (non-hydrogen) atoms. The minimum atomic E-state index is -2.79. The zero-order valence-electron chi connectivity index (χ0n) is 6.68. The summed E-state index contributed by atoms with van der Waals surface area (Å²) in [5.74, 6) is -3.27. The summed E-state index contributed by atoms with van der Waals surface area (Å²) in [4.78, 5) is 10.6. The fraction of sp³-hybridized carbons (Fsp3) is 0.857. The quantitative estimate of drug-likeness (QED) is 0.624. The monoisotopic (exact) mass is 179 g/mol. The summed E-state index contributed by atoms with van der Waals surface area (Å²) in [5, 5.41) is 11.5. The van der Waals surface area contributed by atoms with Gasteiger partial charge in [0.1, 0.15) is 6.10 Å². The third kappa shape index (κ3) is 1.98. The van der Waals surface area contributed by atoms with Crippen LogP contribution in [-0.4, -0.2) is 35.5 Å². The molecule has 1 fully saturated rings. The van der Waals surface area contributed by atoms with E-state index in [2.05, 4.69) is 5.32 Å². The van der Waals surface area contributed by atoms with E-state index in [1.54, 1.807) is 0 Å². The first kappa shape index (κ1) is 9.54. The summed E-state index contributed by atoms with van der Waals surface area (Å²) >= 11 is 0. The summed E-state index contributed by atoms with van der Waals surface area (Å²) < 4.78 is 25.1. The van der Waals surface area contributed by atoms with Crippen molar-refractivity contribution < 1.29 is 18.7 Å². The van der Waals surface area contributed by atoms with Crippen molar-refractivity contribution in [3.05, 3.63) is 0 Å². The van der Waals surface area contributed by atoms with Gasteiger partial charge in [-0.2, -0.15) is 0 Å². The van der Waals surface area contributed by atoms with Gasteiger partial charge in [0, 0.05) is 12.5 Å². The van der Waals surface area contributed by atoms with E-state index in [0.717, 1.165) is 0 Å². The van der Waals surface area contributed by atoms with Gasteiger partial charge in [-0.1, -0.05) is 0 Å². The van der Waals surface area contributed by atoms with Crippen molar-refractivity contribution in [3.8, 4) is 0 Å². The molecule has 2 N–H and O–H groups in total. The molecule has 0 bridgehead atoms. The minimum absolute atomic E-state index is 0.456. The zero-order valence-corrected chi connectivity index (χ0v) is 6.68. The van der Waals surface area contributed by atoms with Crippen LogP contribution in [0.5, 0.6) is 0 Å². The highest BCUT2D eigenvalue weighted by Gasteiger charge is 2.42. The molecule has 0 aromatic rings. The Bertz CT molecular complexity index is 196. The highest BCUT2D eigenvalue weighted by atomic mass is 19.3. The topological polar surface area (TPSA) is 49.3 Å². The molecule has 2 unspecified atom stereocenters. The van der Waals surface area contributed by atoms with Crippen molar-refractivity contribution in [2.24, 2.45) is 0 Å². The summed E-state index contributed by atoms with van der Waals surface area (Å²) in [6.07, 6.45) is -1.77. The lowest BCUT2D eigenvalue weighted by molar-refractivity contribution is -0.126. The number of hydrogen-bond acceptors (Lipinski definition) is 3. The van der Waals surface area contributed by atoms with Gasteiger partial charge in [0.2, 0.25) is 0 Å². The number of aliphatic hydroxyl groups excluding tert-OH is 1. The van der Waals surface area contributed by atoms with Gasteiger partial charge < -0.3 is 10.4 Å². The van der Waals surface area contributed by atoms with Crippen LogP contribution in [0.1, 0.15) is 13.3 Å². The molecule has 0 radical (unpaired) electrons. The second-order valence-electron chi connectivity index (χ2n) is 3.10. The number of halogens is 2. The number of aliphatic hydroxyl groups is 1. The van der Waals surface area contributed by atoms with Crippen molar-refractivity contribution in [1.29, 1.82) is 0 Å². The molecule has 0 aliphatic carbocycles. The number of alkyl halides is 2. The van der Waals surface area contributed by atoms with Gasteiger partial charge in [0.25, 0.3) is 5.92 Å². The maximum absolute atomic E-state index is 12.5. The summed E-state index contributed by atoms with van der Waals surface area (Å²) in [7, 11) is 0. The lowest BCUT2D eigenvalue weighted by Gasteiger charge is -2.14. The molecule has 5 heteroatoms. The molecular formula is C7H11F2NO2. The van der Waals surface area contributed by atoms with Crippen molar-refractivity contribution in [2.45, 2.75) is 31.4 Å². The van der Waals surface area contributed by atoms with Crippen LogP contribution in [0.15, 0.2) is 0 Å². The predicted molar refractivity (Wildman–Crippen MR) is 38.0 cm³/mol. The lowest BCUT2D eigenvalue weighted by atomic mass is 10.1. The normalized spacial score (nSPS) is 30.2. The fourth-order valence-corrected chi connectivity index (χ4v) is 1.25. The Hall–Kier alpha value is -0.550. The molecule has 1 aliphatic heterocycles. The van der Waals surface area contributed by atoms with Crippen LogP contribution in [-0.2, 0) is 4.79 Å². The van der Waals surface area contributed by atoms with E-state index < -0.39 is 36.8 Å². The van der Waals surface area contributed by atoms with Crippen molar-refractivity contribution in [3.63, 3.8) is 0 Å². The van der Waals surface area contributed by atoms with Gasteiger partial charge in [-0.15, -0.1) is 0 Å². The Morgan fingerprint density at radius 2 is 2.33 bits per heavy atom. The van der Waals surface area contributed by atoms with Crippen LogP contribution in [0, 0.1) is 0 Å². The first-order chi connectivity index (χ1) is 5.42. The third-order valence-corrected chi connectivity index (χ3v) is 1.94. The van der Waals surface area contributed by atoms with Crippen LogP contribution in [0.4, 0.5) is 8.78 Å². The Morgan fingerprint density at radius 1 is 1.75 bits per heavy atom. The van der Waals surface area contributed by atoms with E-state index in [1.807, 2.05) is 0 Å². The second kappa shape index (κ2) is 3.06. The molecule has 0 saturated carbocycles. The Kier molecular flexibility index (Phi) is 2.44. The van der Waals surface area contributed by atoms with Crippen LogP contribution in [0.2, 0.25) is 0 Å². The van der Waals surface area contributed by atoms with Gasteiger partial charge in [-0.05, 0) is 6.92 Å². The number of carbonyl (C=O) groups excluding carboxylic acids is 1. The van der Waals surface area contributed by atoms with Crippen LogP contribution < -0.4 is 5.32 Å². The SMILES string of the molecule is CC(=O)C(O)C1CC(F)(F)CN1. The number of nitrogens with one attached hydrogen (secondary N) is 1. The summed E-state index contributed by atoms with van der Waals surface area (Å²) in [6.45, 7) is 0.727. The van der Waals surface area contributed by atoms with Gasteiger partial charge in [-0.3, -0.25) is 4.79 Å². The van der Waals surface area contributed by atoms with Crippen molar-refractivity contribution >= 4 is 5.78 Å². The van der Waals surface area contributed by atoms with Crippen LogP contribution in [0.25, 0.3) is 0 Å². The van der Waals surface area contributed by atoms with Crippen molar-refractivity contribution in [1.82, 2.24) is 5.32 Å². The smallest absolute Gasteiger partial charge is 0.261 e. The summed E-state index contributed by atoms with van der Waals surface area (Å²) in [5.41, 5.74) is 0. The van der Waals surface area contributed by atoms with Gasteiger partial charge >= 0.3 is 0 Å². The number of ketones is 1. The largest absolute Gasteiger partial charge is 0.384 e. The molecular weight excluding hydrogens is 168 g/mol. The van der Waals surface area contributed by atoms with Gasteiger partial charge in [0.05, 0.1) is 6.54 Å². The van der Waals surface area contributed by atoms with Crippen LogP contribution >= 0.6 is 0 Å². The highest BCUT2D eigenvalue weighted by Crippen LogP contribution is 2.26. The molecule has 1 rings (SSSR count). The first-order valence-corrected chi connectivity index (χ1v) is 3.72. The number of rotatable bonds is 2. The van der Waals surface area contributed by atoms with E-state index in [9.17, 15) is 13.6 Å². The molecule has 2 atom stereocenters. The average Bonchev–Trinajstić information content (AvgIpc) is 2.28. The van der Waals surface area contributed by atoms with E-state index in [0.29, 0.717) is 0 Å². The molecule has 1 heterocycles. The highest BCUT2D eigenvalue weighted by molar-refractivity contribution is 5.81. The minimum Gasteiger partial charge on any atom is -0.384 e.